The Kier molecular flexibility index (Phi) is 3.74. The van der Waals surface area contributed by atoms with Crippen molar-refractivity contribution >= 4 is 34.8 Å². The van der Waals surface area contributed by atoms with Crippen LogP contribution >= 0.6 is 23.2 Å². The zero-order valence-corrected chi connectivity index (χ0v) is 10.3. The van der Waals surface area contributed by atoms with Gasteiger partial charge in [0.1, 0.15) is 11.0 Å². The fourth-order valence-corrected chi connectivity index (χ4v) is 1.58. The summed E-state index contributed by atoms with van der Waals surface area (Å²) in [4.78, 5) is 19.2. The first kappa shape index (κ1) is 12.7. The van der Waals surface area contributed by atoms with Crippen molar-refractivity contribution in [3.05, 3.63) is 52.3 Å². The van der Waals surface area contributed by atoms with Crippen LogP contribution in [0.4, 0.5) is 10.1 Å². The largest absolute Gasteiger partial charge is 0.319 e. The topological polar surface area (TPSA) is 54.9 Å². The minimum Gasteiger partial charge on any atom is -0.319 e. The molecular formula is C11H6Cl2FN3O. The van der Waals surface area contributed by atoms with Crippen LogP contribution in [0.25, 0.3) is 0 Å². The first-order valence-electron chi connectivity index (χ1n) is 4.80. The predicted octanol–water partition coefficient (Wildman–Crippen LogP) is 3.17. The van der Waals surface area contributed by atoms with Crippen molar-refractivity contribution in [2.45, 2.75) is 0 Å². The predicted molar refractivity (Wildman–Crippen MR) is 66.4 cm³/mol. The van der Waals surface area contributed by atoms with Crippen LogP contribution in [0.5, 0.6) is 0 Å². The quantitative estimate of drug-likeness (QED) is 0.863. The Morgan fingerprint density at radius 2 is 2.11 bits per heavy atom. The number of hydrogen-bond acceptors (Lipinski definition) is 3. The summed E-state index contributed by atoms with van der Waals surface area (Å²) in [5.41, 5.74) is 0.237. The molecule has 0 bridgehead atoms. The summed E-state index contributed by atoms with van der Waals surface area (Å²) in [6.45, 7) is 0. The van der Waals surface area contributed by atoms with Gasteiger partial charge in [-0.2, -0.15) is 0 Å². The van der Waals surface area contributed by atoms with E-state index in [1.165, 1.54) is 18.5 Å². The molecule has 0 unspecified atom stereocenters. The number of nitrogens with one attached hydrogen (secondary N) is 1. The van der Waals surface area contributed by atoms with E-state index in [1.807, 2.05) is 0 Å². The number of carbonyl (C=O) groups excluding carboxylic acids is 1. The molecule has 2 rings (SSSR count). The molecule has 0 spiro atoms. The first-order chi connectivity index (χ1) is 8.58. The highest BCUT2D eigenvalue weighted by molar-refractivity contribution is 6.35. The average Bonchev–Trinajstić information content (AvgIpc) is 2.35. The summed E-state index contributed by atoms with van der Waals surface area (Å²) in [7, 11) is 0. The lowest BCUT2D eigenvalue weighted by atomic mass is 10.2. The van der Waals surface area contributed by atoms with Crippen LogP contribution in [0.15, 0.2) is 30.7 Å². The number of nitrogens with zero attached hydrogens (tertiary/aromatic N) is 2. The highest BCUT2D eigenvalue weighted by Gasteiger charge is 2.14. The molecule has 1 amide bonds. The molecule has 0 aliphatic heterocycles. The van der Waals surface area contributed by atoms with Gasteiger partial charge in [-0.15, -0.1) is 0 Å². The SMILES string of the molecule is O=C(Nc1cnccc1Cl)c1cc(F)cnc1Cl. The lowest BCUT2D eigenvalue weighted by molar-refractivity contribution is 0.102. The Bertz CT molecular complexity index is 607. The van der Waals surface area contributed by atoms with Crippen LogP contribution in [0.2, 0.25) is 10.2 Å². The second-order valence-corrected chi connectivity index (χ2v) is 4.07. The van der Waals surface area contributed by atoms with Gasteiger partial charge < -0.3 is 5.32 Å². The molecule has 0 radical (unpaired) electrons. The van der Waals surface area contributed by atoms with Crippen LogP contribution < -0.4 is 5.32 Å². The maximum atomic E-state index is 13.0. The average molecular weight is 286 g/mol. The van der Waals surface area contributed by atoms with Crippen molar-refractivity contribution in [1.29, 1.82) is 0 Å². The lowest BCUT2D eigenvalue weighted by Crippen LogP contribution is -2.13. The van der Waals surface area contributed by atoms with E-state index in [4.69, 9.17) is 23.2 Å². The third-order valence-electron chi connectivity index (χ3n) is 2.07. The normalized spacial score (nSPS) is 10.2. The third kappa shape index (κ3) is 2.75. The van der Waals surface area contributed by atoms with Gasteiger partial charge in [0, 0.05) is 6.20 Å². The van der Waals surface area contributed by atoms with Crippen molar-refractivity contribution < 1.29 is 9.18 Å². The minimum absolute atomic E-state index is 0.0726. The molecule has 7 heteroatoms. The van der Waals surface area contributed by atoms with Gasteiger partial charge in [-0.25, -0.2) is 9.37 Å². The number of carbonyl (C=O) groups is 1. The fourth-order valence-electron chi connectivity index (χ4n) is 1.24. The number of anilines is 1. The summed E-state index contributed by atoms with van der Waals surface area (Å²) in [5, 5.41) is 2.70. The Hall–Kier alpha value is -1.72. The van der Waals surface area contributed by atoms with E-state index >= 15 is 0 Å². The van der Waals surface area contributed by atoms with Crippen LogP contribution in [0.1, 0.15) is 10.4 Å². The highest BCUT2D eigenvalue weighted by atomic mass is 35.5. The standard InChI is InChI=1S/C11H6Cl2FN3O/c12-8-1-2-15-5-9(8)17-11(18)7-3-6(14)4-16-10(7)13/h1-5H,(H,17,18). The van der Waals surface area contributed by atoms with Gasteiger partial charge in [-0.05, 0) is 12.1 Å². The smallest absolute Gasteiger partial charge is 0.258 e. The van der Waals surface area contributed by atoms with Crippen molar-refractivity contribution in [2.75, 3.05) is 5.32 Å². The second kappa shape index (κ2) is 5.29. The van der Waals surface area contributed by atoms with Crippen LogP contribution in [0, 0.1) is 5.82 Å². The number of amides is 1. The van der Waals surface area contributed by atoms with E-state index in [0.717, 1.165) is 12.3 Å². The molecule has 0 aromatic carbocycles. The monoisotopic (exact) mass is 285 g/mol. The highest BCUT2D eigenvalue weighted by Crippen LogP contribution is 2.21. The molecule has 0 saturated heterocycles. The van der Waals surface area contributed by atoms with Crippen LogP contribution in [-0.4, -0.2) is 15.9 Å². The van der Waals surface area contributed by atoms with E-state index in [-0.39, 0.29) is 10.7 Å². The molecule has 0 atom stereocenters. The Balaban J connectivity index is 2.28. The molecule has 0 fully saturated rings. The summed E-state index contributed by atoms with van der Waals surface area (Å²) in [6, 6.07) is 2.51. The van der Waals surface area contributed by atoms with E-state index in [9.17, 15) is 9.18 Å². The molecule has 2 aromatic heterocycles. The van der Waals surface area contributed by atoms with Gasteiger partial charge in [0.05, 0.1) is 28.7 Å². The zero-order valence-electron chi connectivity index (χ0n) is 8.82. The van der Waals surface area contributed by atoms with E-state index < -0.39 is 11.7 Å². The second-order valence-electron chi connectivity index (χ2n) is 3.30. The minimum atomic E-state index is -0.651. The van der Waals surface area contributed by atoms with E-state index in [1.54, 1.807) is 0 Å². The van der Waals surface area contributed by atoms with Gasteiger partial charge in [0.15, 0.2) is 0 Å². The Morgan fingerprint density at radius 1 is 1.33 bits per heavy atom. The maximum Gasteiger partial charge on any atom is 0.258 e. The molecule has 4 nitrogen and oxygen atoms in total. The maximum absolute atomic E-state index is 13.0. The molecular weight excluding hydrogens is 280 g/mol. The molecule has 0 saturated carbocycles. The van der Waals surface area contributed by atoms with Gasteiger partial charge in [-0.1, -0.05) is 23.2 Å². The number of hydrogen-bond donors (Lipinski definition) is 1. The fraction of sp³-hybridized carbons (Fsp3) is 0. The van der Waals surface area contributed by atoms with Gasteiger partial charge in [-0.3, -0.25) is 9.78 Å². The van der Waals surface area contributed by atoms with Gasteiger partial charge in [0.25, 0.3) is 5.91 Å². The summed E-state index contributed by atoms with van der Waals surface area (Å²) in [5.74, 6) is -1.26. The van der Waals surface area contributed by atoms with Crippen molar-refractivity contribution in [3.8, 4) is 0 Å². The summed E-state index contributed by atoms with van der Waals surface area (Å²) in [6.07, 6.45) is 3.78. The molecule has 2 aromatic rings. The molecule has 0 aliphatic rings. The van der Waals surface area contributed by atoms with Crippen molar-refractivity contribution in [3.63, 3.8) is 0 Å². The number of aromatic nitrogens is 2. The molecule has 2 heterocycles. The van der Waals surface area contributed by atoms with Crippen LogP contribution in [-0.2, 0) is 0 Å². The summed E-state index contributed by atoms with van der Waals surface area (Å²) >= 11 is 11.6. The van der Waals surface area contributed by atoms with E-state index in [2.05, 4.69) is 15.3 Å². The van der Waals surface area contributed by atoms with Crippen LogP contribution in [0.3, 0.4) is 0 Å². The first-order valence-corrected chi connectivity index (χ1v) is 5.55. The van der Waals surface area contributed by atoms with Crippen molar-refractivity contribution in [2.24, 2.45) is 0 Å². The third-order valence-corrected chi connectivity index (χ3v) is 2.70. The molecule has 18 heavy (non-hydrogen) atoms. The number of halogens is 3. The van der Waals surface area contributed by atoms with E-state index in [0.29, 0.717) is 10.7 Å². The number of rotatable bonds is 2. The molecule has 1 N–H and O–H groups in total. The number of pyridine rings is 2. The lowest BCUT2D eigenvalue weighted by Gasteiger charge is -2.07. The van der Waals surface area contributed by atoms with Gasteiger partial charge >= 0.3 is 0 Å². The summed E-state index contributed by atoms with van der Waals surface area (Å²) < 4.78 is 13.0. The van der Waals surface area contributed by atoms with Crippen molar-refractivity contribution in [1.82, 2.24) is 9.97 Å². The Labute approximate surface area is 112 Å². The Morgan fingerprint density at radius 3 is 2.83 bits per heavy atom. The molecule has 0 aliphatic carbocycles. The zero-order chi connectivity index (χ0) is 13.1. The molecule has 92 valence electrons. The van der Waals surface area contributed by atoms with Gasteiger partial charge in [0.2, 0.25) is 0 Å².